The average molecular weight is 271 g/mol. The van der Waals surface area contributed by atoms with Crippen LogP contribution in [0.3, 0.4) is 0 Å². The van der Waals surface area contributed by atoms with Gasteiger partial charge in [-0.2, -0.15) is 0 Å². The molecule has 0 bridgehead atoms. The number of nitrogen functional groups attached to an aromatic ring is 1. The second kappa shape index (κ2) is 5.86. The van der Waals surface area contributed by atoms with Crippen LogP contribution in [0.25, 0.3) is 0 Å². The van der Waals surface area contributed by atoms with Crippen LogP contribution in [-0.2, 0) is 13.0 Å². The summed E-state index contributed by atoms with van der Waals surface area (Å²) in [4.78, 5) is 15.4. The van der Waals surface area contributed by atoms with Crippen molar-refractivity contribution in [2.45, 2.75) is 33.7 Å². The summed E-state index contributed by atoms with van der Waals surface area (Å²) >= 11 is 0. The van der Waals surface area contributed by atoms with Crippen LogP contribution in [0.1, 0.15) is 29.7 Å². The number of hydrogen-bond acceptors (Lipinski definition) is 5. The Balaban J connectivity index is 2.29. The molecule has 5 heteroatoms. The zero-order valence-corrected chi connectivity index (χ0v) is 12.5. The molecule has 0 unspecified atom stereocenters. The fourth-order valence-corrected chi connectivity index (χ4v) is 2.10. The average Bonchev–Trinajstić information content (AvgIpc) is 2.41. The Morgan fingerprint density at radius 3 is 2.55 bits per heavy atom. The van der Waals surface area contributed by atoms with Crippen LogP contribution < -0.4 is 10.6 Å². The maximum atomic E-state index is 5.96. The molecule has 5 nitrogen and oxygen atoms in total. The second-order valence-electron chi connectivity index (χ2n) is 4.95. The molecular formula is C15H21N5. The Labute approximate surface area is 119 Å². The Morgan fingerprint density at radius 1 is 1.15 bits per heavy atom. The van der Waals surface area contributed by atoms with E-state index in [0.29, 0.717) is 12.4 Å². The molecule has 2 aromatic rings. The molecule has 106 valence electrons. The van der Waals surface area contributed by atoms with Crippen molar-refractivity contribution < 1.29 is 0 Å². The molecule has 2 heterocycles. The fraction of sp³-hybridized carbons (Fsp3) is 0.400. The minimum Gasteiger partial charge on any atom is -0.383 e. The van der Waals surface area contributed by atoms with Gasteiger partial charge in [-0.05, 0) is 26.0 Å². The zero-order chi connectivity index (χ0) is 14.7. The number of aryl methyl sites for hydroxylation is 2. The van der Waals surface area contributed by atoms with E-state index in [1.54, 1.807) is 0 Å². The maximum absolute atomic E-state index is 5.96. The number of rotatable bonds is 4. The van der Waals surface area contributed by atoms with Crippen LogP contribution in [0.2, 0.25) is 0 Å². The van der Waals surface area contributed by atoms with Gasteiger partial charge in [-0.3, -0.25) is 4.98 Å². The standard InChI is InChI=1S/C15H21N5/c1-5-13-18-14(16)11(3)15(19-13)20(4)9-12-8-6-7-10(2)17-12/h6-8H,5,9H2,1-4H3,(H2,16,18,19). The van der Waals surface area contributed by atoms with E-state index < -0.39 is 0 Å². The van der Waals surface area contributed by atoms with E-state index in [1.807, 2.05) is 46.0 Å². The Hall–Kier alpha value is -2.17. The predicted molar refractivity (Wildman–Crippen MR) is 81.6 cm³/mol. The third-order valence-electron chi connectivity index (χ3n) is 3.23. The van der Waals surface area contributed by atoms with Crippen molar-refractivity contribution in [1.82, 2.24) is 15.0 Å². The molecule has 0 atom stereocenters. The molecule has 0 fully saturated rings. The summed E-state index contributed by atoms with van der Waals surface area (Å²) in [7, 11) is 2.00. The lowest BCUT2D eigenvalue weighted by Gasteiger charge is -2.21. The van der Waals surface area contributed by atoms with Crippen LogP contribution >= 0.6 is 0 Å². The summed E-state index contributed by atoms with van der Waals surface area (Å²) < 4.78 is 0. The molecule has 0 aliphatic heterocycles. The highest BCUT2D eigenvalue weighted by Gasteiger charge is 2.12. The highest BCUT2D eigenvalue weighted by Crippen LogP contribution is 2.22. The van der Waals surface area contributed by atoms with Crippen LogP contribution in [0, 0.1) is 13.8 Å². The molecule has 2 N–H and O–H groups in total. The van der Waals surface area contributed by atoms with E-state index in [0.717, 1.165) is 35.0 Å². The molecule has 2 aromatic heterocycles. The number of nitrogens with two attached hydrogens (primary N) is 1. The quantitative estimate of drug-likeness (QED) is 0.924. The SMILES string of the molecule is CCc1nc(N)c(C)c(N(C)Cc2cccc(C)n2)n1. The summed E-state index contributed by atoms with van der Waals surface area (Å²) in [6.07, 6.45) is 0.772. The molecular weight excluding hydrogens is 250 g/mol. The van der Waals surface area contributed by atoms with Gasteiger partial charge >= 0.3 is 0 Å². The maximum Gasteiger partial charge on any atom is 0.137 e. The monoisotopic (exact) mass is 271 g/mol. The summed E-state index contributed by atoms with van der Waals surface area (Å²) in [5.74, 6) is 2.20. The van der Waals surface area contributed by atoms with Gasteiger partial charge in [0, 0.05) is 24.7 Å². The lowest BCUT2D eigenvalue weighted by molar-refractivity contribution is 0.830. The van der Waals surface area contributed by atoms with Gasteiger partial charge in [0.25, 0.3) is 0 Å². The summed E-state index contributed by atoms with van der Waals surface area (Å²) in [6.45, 7) is 6.66. The van der Waals surface area contributed by atoms with E-state index in [9.17, 15) is 0 Å². The van der Waals surface area contributed by atoms with Gasteiger partial charge in [0.05, 0.1) is 12.2 Å². The van der Waals surface area contributed by atoms with Crippen molar-refractivity contribution in [1.29, 1.82) is 0 Å². The van der Waals surface area contributed by atoms with Gasteiger partial charge < -0.3 is 10.6 Å². The van der Waals surface area contributed by atoms with E-state index in [1.165, 1.54) is 0 Å². The molecule has 0 aliphatic rings. The lowest BCUT2D eigenvalue weighted by Crippen LogP contribution is -2.21. The van der Waals surface area contributed by atoms with Crippen LogP contribution in [0.5, 0.6) is 0 Å². The largest absolute Gasteiger partial charge is 0.383 e. The first-order chi connectivity index (χ1) is 9.51. The van der Waals surface area contributed by atoms with Crippen LogP contribution in [-0.4, -0.2) is 22.0 Å². The van der Waals surface area contributed by atoms with Crippen molar-refractivity contribution in [2.75, 3.05) is 17.7 Å². The van der Waals surface area contributed by atoms with Crippen LogP contribution in [0.15, 0.2) is 18.2 Å². The van der Waals surface area contributed by atoms with E-state index in [-0.39, 0.29) is 0 Å². The molecule has 0 aromatic carbocycles. The lowest BCUT2D eigenvalue weighted by atomic mass is 10.2. The van der Waals surface area contributed by atoms with Crippen LogP contribution in [0.4, 0.5) is 11.6 Å². The number of anilines is 2. The smallest absolute Gasteiger partial charge is 0.137 e. The molecule has 0 aliphatic carbocycles. The van der Waals surface area contributed by atoms with Gasteiger partial charge in [0.15, 0.2) is 0 Å². The molecule has 0 spiro atoms. The van der Waals surface area contributed by atoms with E-state index >= 15 is 0 Å². The molecule has 2 rings (SSSR count). The highest BCUT2D eigenvalue weighted by molar-refractivity contribution is 5.56. The second-order valence-corrected chi connectivity index (χ2v) is 4.95. The van der Waals surface area contributed by atoms with Gasteiger partial charge in [0.2, 0.25) is 0 Å². The molecule has 0 radical (unpaired) electrons. The molecule has 20 heavy (non-hydrogen) atoms. The number of nitrogens with zero attached hydrogens (tertiary/aromatic N) is 4. The minimum absolute atomic E-state index is 0.552. The van der Waals surface area contributed by atoms with Crippen molar-refractivity contribution in [3.63, 3.8) is 0 Å². The summed E-state index contributed by atoms with van der Waals surface area (Å²) in [5, 5.41) is 0. The van der Waals surface area contributed by atoms with Gasteiger partial charge in [0.1, 0.15) is 17.5 Å². The first-order valence-electron chi connectivity index (χ1n) is 6.78. The summed E-state index contributed by atoms with van der Waals surface area (Å²) in [5.41, 5.74) is 8.91. The molecule has 0 saturated carbocycles. The van der Waals surface area contributed by atoms with Gasteiger partial charge in [-0.15, -0.1) is 0 Å². The third kappa shape index (κ3) is 3.04. The Bertz CT molecular complexity index is 609. The first-order valence-corrected chi connectivity index (χ1v) is 6.78. The van der Waals surface area contributed by atoms with Crippen molar-refractivity contribution in [2.24, 2.45) is 0 Å². The normalized spacial score (nSPS) is 10.6. The van der Waals surface area contributed by atoms with Crippen molar-refractivity contribution in [3.05, 3.63) is 41.0 Å². The molecule has 0 saturated heterocycles. The van der Waals surface area contributed by atoms with Crippen molar-refractivity contribution in [3.8, 4) is 0 Å². The topological polar surface area (TPSA) is 67.9 Å². The molecule has 0 amide bonds. The van der Waals surface area contributed by atoms with Gasteiger partial charge in [-0.1, -0.05) is 13.0 Å². The number of pyridine rings is 1. The zero-order valence-electron chi connectivity index (χ0n) is 12.5. The third-order valence-corrected chi connectivity index (χ3v) is 3.23. The number of aromatic nitrogens is 3. The minimum atomic E-state index is 0.552. The Morgan fingerprint density at radius 2 is 1.90 bits per heavy atom. The predicted octanol–water partition coefficient (Wildman–Crippen LogP) is 2.27. The van der Waals surface area contributed by atoms with E-state index in [4.69, 9.17) is 5.73 Å². The Kier molecular flexibility index (Phi) is 4.17. The number of hydrogen-bond donors (Lipinski definition) is 1. The van der Waals surface area contributed by atoms with E-state index in [2.05, 4.69) is 19.9 Å². The summed E-state index contributed by atoms with van der Waals surface area (Å²) in [6, 6.07) is 6.03. The highest BCUT2D eigenvalue weighted by atomic mass is 15.2. The van der Waals surface area contributed by atoms with Crippen molar-refractivity contribution >= 4 is 11.6 Å². The fourth-order valence-electron chi connectivity index (χ4n) is 2.10. The first kappa shape index (κ1) is 14.2. The van der Waals surface area contributed by atoms with Gasteiger partial charge in [-0.25, -0.2) is 9.97 Å².